The van der Waals surface area contributed by atoms with Crippen molar-refractivity contribution in [3.05, 3.63) is 0 Å². The van der Waals surface area contributed by atoms with E-state index in [0.717, 1.165) is 39.2 Å². The Balaban J connectivity index is 2.65. The maximum Gasteiger partial charge on any atom is 0.0499 e. The fourth-order valence-electron chi connectivity index (χ4n) is 4.66. The van der Waals surface area contributed by atoms with Gasteiger partial charge in [-0.2, -0.15) is 0 Å². The van der Waals surface area contributed by atoms with Gasteiger partial charge in [-0.15, -0.1) is 0 Å². The molecule has 0 saturated heterocycles. The third-order valence-electron chi connectivity index (χ3n) is 5.04. The lowest BCUT2D eigenvalue weighted by atomic mass is 9.54. The number of hydrogen-bond acceptors (Lipinski definition) is 4. The number of nitrogens with two attached hydrogens (primary N) is 2. The summed E-state index contributed by atoms with van der Waals surface area (Å²) in [5.41, 5.74) is 12.8. The maximum atomic E-state index is 6.07. The molecule has 0 amide bonds. The Bertz CT molecular complexity index is 305. The number of ether oxygens (including phenoxy) is 1. The van der Waals surface area contributed by atoms with Crippen LogP contribution < -0.4 is 16.8 Å². The smallest absolute Gasteiger partial charge is 0.0499 e. The van der Waals surface area contributed by atoms with E-state index in [9.17, 15) is 0 Å². The van der Waals surface area contributed by atoms with Crippen LogP contribution in [0.1, 0.15) is 47.0 Å². The Morgan fingerprint density at radius 3 is 1.90 bits per heavy atom. The fraction of sp³-hybridized carbons (Fsp3) is 1.00. The Labute approximate surface area is 131 Å². The molecule has 0 radical (unpaired) electrons. The highest BCUT2D eigenvalue weighted by molar-refractivity contribution is 5.00. The first kappa shape index (κ1) is 18.9. The highest BCUT2D eigenvalue weighted by Gasteiger charge is 2.47. The second-order valence-corrected chi connectivity index (χ2v) is 8.56. The Kier molecular flexibility index (Phi) is 6.66. The topological polar surface area (TPSA) is 73.3 Å². The van der Waals surface area contributed by atoms with Crippen molar-refractivity contribution in [3.63, 3.8) is 0 Å². The molecule has 5 N–H and O–H groups in total. The van der Waals surface area contributed by atoms with Crippen LogP contribution in [-0.4, -0.2) is 39.9 Å². The molecule has 1 aliphatic carbocycles. The predicted molar refractivity (Wildman–Crippen MR) is 90.2 cm³/mol. The number of hydrogen-bond donors (Lipinski definition) is 3. The van der Waals surface area contributed by atoms with E-state index in [4.69, 9.17) is 16.2 Å². The summed E-state index contributed by atoms with van der Waals surface area (Å²) in [4.78, 5) is 0. The Hall–Kier alpha value is -0.160. The van der Waals surface area contributed by atoms with Gasteiger partial charge in [-0.05, 0) is 61.1 Å². The van der Waals surface area contributed by atoms with Crippen molar-refractivity contribution in [1.29, 1.82) is 0 Å². The van der Waals surface area contributed by atoms with E-state index in [1.165, 1.54) is 12.8 Å². The van der Waals surface area contributed by atoms with E-state index >= 15 is 0 Å². The van der Waals surface area contributed by atoms with Gasteiger partial charge in [-0.25, -0.2) is 0 Å². The van der Waals surface area contributed by atoms with E-state index < -0.39 is 0 Å². The van der Waals surface area contributed by atoms with E-state index in [2.05, 4.69) is 33.0 Å². The molecule has 1 aliphatic rings. The standard InChI is InChI=1S/C17H37N3O/c1-14(7-21-5)6-20-13-17(4)9-15(2,11-18)8-16(3,10-17)12-19/h14,20H,6-13,18-19H2,1-5H3. The van der Waals surface area contributed by atoms with E-state index in [1.54, 1.807) is 7.11 Å². The second kappa shape index (κ2) is 7.40. The summed E-state index contributed by atoms with van der Waals surface area (Å²) in [7, 11) is 1.76. The van der Waals surface area contributed by atoms with Crippen molar-refractivity contribution >= 4 is 0 Å². The van der Waals surface area contributed by atoms with Crippen LogP contribution in [0.5, 0.6) is 0 Å². The molecule has 3 unspecified atom stereocenters. The lowest BCUT2D eigenvalue weighted by Crippen LogP contribution is -2.51. The minimum Gasteiger partial charge on any atom is -0.384 e. The molecule has 1 saturated carbocycles. The average Bonchev–Trinajstić information content (AvgIpc) is 2.37. The zero-order valence-corrected chi connectivity index (χ0v) is 14.8. The van der Waals surface area contributed by atoms with Crippen molar-refractivity contribution in [3.8, 4) is 0 Å². The van der Waals surface area contributed by atoms with Gasteiger partial charge in [-0.1, -0.05) is 27.7 Å². The molecular weight excluding hydrogens is 262 g/mol. The maximum absolute atomic E-state index is 6.07. The lowest BCUT2D eigenvalue weighted by Gasteiger charge is -2.53. The minimum atomic E-state index is 0.209. The van der Waals surface area contributed by atoms with Crippen LogP contribution in [0, 0.1) is 22.2 Å². The van der Waals surface area contributed by atoms with Crippen LogP contribution in [-0.2, 0) is 4.74 Å². The monoisotopic (exact) mass is 299 g/mol. The summed E-state index contributed by atoms with van der Waals surface area (Å²) in [5, 5.41) is 3.64. The third kappa shape index (κ3) is 5.51. The highest BCUT2D eigenvalue weighted by Crippen LogP contribution is 2.53. The molecule has 0 heterocycles. The molecular formula is C17H37N3O. The Morgan fingerprint density at radius 2 is 1.48 bits per heavy atom. The van der Waals surface area contributed by atoms with Gasteiger partial charge in [0, 0.05) is 20.3 Å². The fourth-order valence-corrected chi connectivity index (χ4v) is 4.66. The van der Waals surface area contributed by atoms with Gasteiger partial charge in [0.2, 0.25) is 0 Å². The molecule has 0 aromatic heterocycles. The molecule has 126 valence electrons. The second-order valence-electron chi connectivity index (χ2n) is 8.56. The van der Waals surface area contributed by atoms with Crippen LogP contribution in [0.25, 0.3) is 0 Å². The summed E-state index contributed by atoms with van der Waals surface area (Å²) in [6.45, 7) is 13.6. The van der Waals surface area contributed by atoms with Crippen molar-refractivity contribution in [2.75, 3.05) is 39.9 Å². The number of nitrogens with one attached hydrogen (secondary N) is 1. The van der Waals surface area contributed by atoms with E-state index in [-0.39, 0.29) is 16.2 Å². The van der Waals surface area contributed by atoms with Gasteiger partial charge in [0.05, 0.1) is 0 Å². The van der Waals surface area contributed by atoms with E-state index in [1.807, 2.05) is 0 Å². The van der Waals surface area contributed by atoms with Gasteiger partial charge in [0.1, 0.15) is 0 Å². The molecule has 4 nitrogen and oxygen atoms in total. The first-order valence-corrected chi connectivity index (χ1v) is 8.30. The van der Waals surface area contributed by atoms with Crippen LogP contribution in [0.3, 0.4) is 0 Å². The zero-order chi connectivity index (χ0) is 16.1. The van der Waals surface area contributed by atoms with Crippen molar-refractivity contribution < 1.29 is 4.74 Å². The summed E-state index contributed by atoms with van der Waals surface area (Å²) in [5.74, 6) is 0.545. The lowest BCUT2D eigenvalue weighted by molar-refractivity contribution is -0.00212. The minimum absolute atomic E-state index is 0.209. The summed E-state index contributed by atoms with van der Waals surface area (Å²) < 4.78 is 5.20. The van der Waals surface area contributed by atoms with Gasteiger partial charge >= 0.3 is 0 Å². The summed E-state index contributed by atoms with van der Waals surface area (Å²) in [6.07, 6.45) is 3.50. The first-order chi connectivity index (χ1) is 9.70. The van der Waals surface area contributed by atoms with E-state index in [0.29, 0.717) is 5.92 Å². The molecule has 0 aliphatic heterocycles. The Morgan fingerprint density at radius 1 is 1.00 bits per heavy atom. The van der Waals surface area contributed by atoms with Crippen LogP contribution in [0.2, 0.25) is 0 Å². The van der Waals surface area contributed by atoms with Crippen LogP contribution in [0.4, 0.5) is 0 Å². The molecule has 1 rings (SSSR count). The number of methoxy groups -OCH3 is 1. The van der Waals surface area contributed by atoms with Crippen LogP contribution >= 0.6 is 0 Å². The largest absolute Gasteiger partial charge is 0.384 e. The summed E-state index contributed by atoms with van der Waals surface area (Å²) >= 11 is 0. The van der Waals surface area contributed by atoms with Gasteiger partial charge in [0.15, 0.2) is 0 Å². The zero-order valence-electron chi connectivity index (χ0n) is 14.8. The molecule has 0 bridgehead atoms. The highest BCUT2D eigenvalue weighted by atomic mass is 16.5. The SMILES string of the molecule is COCC(C)CNCC1(C)CC(C)(CN)CC(C)(CN)C1. The number of rotatable bonds is 8. The van der Waals surface area contributed by atoms with Gasteiger partial charge < -0.3 is 21.5 Å². The predicted octanol–water partition coefficient (Wildman–Crippen LogP) is 1.98. The van der Waals surface area contributed by atoms with Crippen molar-refractivity contribution in [2.45, 2.75) is 47.0 Å². The molecule has 4 heteroatoms. The molecule has 1 fully saturated rings. The quantitative estimate of drug-likeness (QED) is 0.641. The summed E-state index contributed by atoms with van der Waals surface area (Å²) in [6, 6.07) is 0. The first-order valence-electron chi connectivity index (χ1n) is 8.30. The van der Waals surface area contributed by atoms with Crippen molar-refractivity contribution in [1.82, 2.24) is 5.32 Å². The normalized spacial score (nSPS) is 38.4. The molecule has 21 heavy (non-hydrogen) atoms. The van der Waals surface area contributed by atoms with Gasteiger partial charge in [-0.3, -0.25) is 0 Å². The molecule has 0 spiro atoms. The molecule has 3 atom stereocenters. The molecule has 0 aromatic rings. The third-order valence-corrected chi connectivity index (χ3v) is 5.04. The molecule has 0 aromatic carbocycles. The average molecular weight is 300 g/mol. The van der Waals surface area contributed by atoms with Gasteiger partial charge in [0.25, 0.3) is 0 Å². The van der Waals surface area contributed by atoms with Crippen molar-refractivity contribution in [2.24, 2.45) is 33.6 Å². The van der Waals surface area contributed by atoms with Crippen LogP contribution in [0.15, 0.2) is 0 Å².